The average Bonchev–Trinajstić information content (AvgIpc) is 2.41. The number of amides is 1. The molecule has 0 bridgehead atoms. The maximum absolute atomic E-state index is 12.1. The SMILES string of the molecule is O=C([O-])[C@H]1CCCC[C@H]1C(=O)Nc1ccc(Cl)cc1. The van der Waals surface area contributed by atoms with Gasteiger partial charge in [-0.15, -0.1) is 0 Å². The molecule has 0 spiro atoms. The van der Waals surface area contributed by atoms with E-state index in [2.05, 4.69) is 5.32 Å². The topological polar surface area (TPSA) is 69.2 Å². The van der Waals surface area contributed by atoms with Crippen LogP contribution in [0.5, 0.6) is 0 Å². The van der Waals surface area contributed by atoms with Crippen molar-refractivity contribution in [3.05, 3.63) is 29.3 Å². The number of anilines is 1. The van der Waals surface area contributed by atoms with E-state index in [9.17, 15) is 14.7 Å². The van der Waals surface area contributed by atoms with Crippen LogP contribution in [0, 0.1) is 11.8 Å². The van der Waals surface area contributed by atoms with Gasteiger partial charge >= 0.3 is 0 Å². The zero-order valence-corrected chi connectivity index (χ0v) is 11.2. The minimum Gasteiger partial charge on any atom is -0.550 e. The molecule has 0 radical (unpaired) electrons. The van der Waals surface area contributed by atoms with Crippen molar-refractivity contribution in [2.24, 2.45) is 11.8 Å². The number of hydrogen-bond donors (Lipinski definition) is 1. The lowest BCUT2D eigenvalue weighted by molar-refractivity contribution is -0.313. The first-order valence-corrected chi connectivity index (χ1v) is 6.73. The molecular weight excluding hydrogens is 266 g/mol. The fourth-order valence-electron chi connectivity index (χ4n) is 2.49. The first-order valence-electron chi connectivity index (χ1n) is 6.35. The van der Waals surface area contributed by atoms with Gasteiger partial charge in [0.05, 0.1) is 0 Å². The molecule has 0 aromatic heterocycles. The van der Waals surface area contributed by atoms with E-state index in [1.54, 1.807) is 24.3 Å². The van der Waals surface area contributed by atoms with Crippen molar-refractivity contribution in [1.29, 1.82) is 0 Å². The molecule has 19 heavy (non-hydrogen) atoms. The Morgan fingerprint density at radius 1 is 1.11 bits per heavy atom. The lowest BCUT2D eigenvalue weighted by atomic mass is 9.78. The predicted molar refractivity (Wildman–Crippen MR) is 70.5 cm³/mol. The van der Waals surface area contributed by atoms with Crippen LogP contribution in [0.1, 0.15) is 25.7 Å². The Balaban J connectivity index is 2.05. The molecule has 1 N–H and O–H groups in total. The van der Waals surface area contributed by atoms with E-state index in [1.165, 1.54) is 0 Å². The molecule has 1 aliphatic carbocycles. The van der Waals surface area contributed by atoms with Gasteiger partial charge in [-0.3, -0.25) is 4.79 Å². The molecule has 1 saturated carbocycles. The Kier molecular flexibility index (Phi) is 4.43. The lowest BCUT2D eigenvalue weighted by Crippen LogP contribution is -2.42. The van der Waals surface area contributed by atoms with Gasteiger partial charge in [0.1, 0.15) is 0 Å². The summed E-state index contributed by atoms with van der Waals surface area (Å²) >= 11 is 5.76. The van der Waals surface area contributed by atoms with Gasteiger partial charge in [0, 0.05) is 28.5 Å². The van der Waals surface area contributed by atoms with Gasteiger partial charge in [0.25, 0.3) is 0 Å². The van der Waals surface area contributed by atoms with Gasteiger partial charge in [0.2, 0.25) is 5.91 Å². The average molecular weight is 281 g/mol. The van der Waals surface area contributed by atoms with Crippen molar-refractivity contribution in [2.75, 3.05) is 5.32 Å². The Bertz CT molecular complexity index is 472. The molecule has 0 aliphatic heterocycles. The third-order valence-electron chi connectivity index (χ3n) is 3.52. The van der Waals surface area contributed by atoms with Crippen molar-refractivity contribution in [3.8, 4) is 0 Å². The summed E-state index contributed by atoms with van der Waals surface area (Å²) < 4.78 is 0. The number of carboxylic acid groups (broad SMARTS) is 1. The molecule has 2 atom stereocenters. The molecule has 0 heterocycles. The van der Waals surface area contributed by atoms with Crippen molar-refractivity contribution >= 4 is 29.2 Å². The van der Waals surface area contributed by atoms with E-state index in [0.717, 1.165) is 12.8 Å². The molecule has 0 unspecified atom stereocenters. The summed E-state index contributed by atoms with van der Waals surface area (Å²) in [6, 6.07) is 6.73. The molecule has 1 fully saturated rings. The zero-order chi connectivity index (χ0) is 13.8. The first-order chi connectivity index (χ1) is 9.08. The molecule has 2 rings (SSSR count). The van der Waals surface area contributed by atoms with Crippen LogP contribution in [-0.2, 0) is 9.59 Å². The first kappa shape index (κ1) is 13.9. The summed E-state index contributed by atoms with van der Waals surface area (Å²) in [7, 11) is 0. The highest BCUT2D eigenvalue weighted by molar-refractivity contribution is 6.30. The van der Waals surface area contributed by atoms with E-state index >= 15 is 0 Å². The maximum Gasteiger partial charge on any atom is 0.228 e. The van der Waals surface area contributed by atoms with Crippen LogP contribution in [0.15, 0.2) is 24.3 Å². The van der Waals surface area contributed by atoms with E-state index in [0.29, 0.717) is 23.6 Å². The lowest BCUT2D eigenvalue weighted by Gasteiger charge is -2.31. The molecule has 0 saturated heterocycles. The number of carboxylic acids is 1. The summed E-state index contributed by atoms with van der Waals surface area (Å²) in [6.07, 6.45) is 2.82. The van der Waals surface area contributed by atoms with Crippen LogP contribution in [0.4, 0.5) is 5.69 Å². The third-order valence-corrected chi connectivity index (χ3v) is 3.77. The number of rotatable bonds is 3. The number of carbonyl (C=O) groups is 2. The van der Waals surface area contributed by atoms with E-state index < -0.39 is 17.8 Å². The minimum absolute atomic E-state index is 0.253. The van der Waals surface area contributed by atoms with Gasteiger partial charge < -0.3 is 15.2 Å². The summed E-state index contributed by atoms with van der Waals surface area (Å²) in [5.74, 6) is -2.57. The van der Waals surface area contributed by atoms with Gasteiger partial charge in [-0.1, -0.05) is 24.4 Å². The van der Waals surface area contributed by atoms with Crippen LogP contribution >= 0.6 is 11.6 Å². The number of halogens is 1. The molecule has 1 amide bonds. The van der Waals surface area contributed by atoms with Gasteiger partial charge in [-0.2, -0.15) is 0 Å². The molecule has 102 valence electrons. The monoisotopic (exact) mass is 280 g/mol. The highest BCUT2D eigenvalue weighted by Gasteiger charge is 2.31. The number of benzene rings is 1. The summed E-state index contributed by atoms with van der Waals surface area (Å²) in [5, 5.41) is 14.4. The molecule has 1 aromatic carbocycles. The number of carbonyl (C=O) groups excluding carboxylic acids is 2. The van der Waals surface area contributed by atoms with Crippen molar-refractivity contribution in [3.63, 3.8) is 0 Å². The van der Waals surface area contributed by atoms with E-state index in [4.69, 9.17) is 11.6 Å². The predicted octanol–water partition coefficient (Wildman–Crippen LogP) is 1.83. The third kappa shape index (κ3) is 3.47. The molecule has 4 nitrogen and oxygen atoms in total. The van der Waals surface area contributed by atoms with Gasteiger partial charge in [-0.05, 0) is 37.1 Å². The Hall–Kier alpha value is -1.55. The molecule has 5 heteroatoms. The number of hydrogen-bond acceptors (Lipinski definition) is 3. The number of nitrogens with one attached hydrogen (secondary N) is 1. The summed E-state index contributed by atoms with van der Waals surface area (Å²) in [5.41, 5.74) is 0.622. The van der Waals surface area contributed by atoms with Crippen LogP contribution in [-0.4, -0.2) is 11.9 Å². The van der Waals surface area contributed by atoms with E-state index in [-0.39, 0.29) is 5.91 Å². The smallest absolute Gasteiger partial charge is 0.228 e. The van der Waals surface area contributed by atoms with Crippen molar-refractivity contribution in [2.45, 2.75) is 25.7 Å². The Morgan fingerprint density at radius 3 is 2.26 bits per heavy atom. The fourth-order valence-corrected chi connectivity index (χ4v) is 2.62. The number of aliphatic carboxylic acids is 1. The molecular formula is C14H15ClNO3-. The second-order valence-electron chi connectivity index (χ2n) is 4.81. The minimum atomic E-state index is -1.13. The highest BCUT2D eigenvalue weighted by Crippen LogP contribution is 2.30. The summed E-state index contributed by atoms with van der Waals surface area (Å²) in [6.45, 7) is 0. The standard InChI is InChI=1S/C14H16ClNO3/c15-9-5-7-10(8-6-9)16-13(17)11-3-1-2-4-12(11)14(18)19/h5-8,11-12H,1-4H2,(H,16,17)(H,18,19)/p-1/t11-,12+/m1/s1. The quantitative estimate of drug-likeness (QED) is 0.918. The van der Waals surface area contributed by atoms with Crippen LogP contribution in [0.2, 0.25) is 5.02 Å². The van der Waals surface area contributed by atoms with Crippen LogP contribution < -0.4 is 10.4 Å². The van der Waals surface area contributed by atoms with Crippen molar-refractivity contribution < 1.29 is 14.7 Å². The fraction of sp³-hybridized carbons (Fsp3) is 0.429. The largest absolute Gasteiger partial charge is 0.550 e. The highest BCUT2D eigenvalue weighted by atomic mass is 35.5. The summed E-state index contributed by atoms with van der Waals surface area (Å²) in [4.78, 5) is 23.2. The van der Waals surface area contributed by atoms with E-state index in [1.807, 2.05) is 0 Å². The maximum atomic E-state index is 12.1. The van der Waals surface area contributed by atoms with Crippen LogP contribution in [0.25, 0.3) is 0 Å². The van der Waals surface area contributed by atoms with Gasteiger partial charge in [-0.25, -0.2) is 0 Å². The van der Waals surface area contributed by atoms with Crippen LogP contribution in [0.3, 0.4) is 0 Å². The Morgan fingerprint density at radius 2 is 1.68 bits per heavy atom. The zero-order valence-electron chi connectivity index (χ0n) is 10.4. The Labute approximate surface area is 116 Å². The second kappa shape index (κ2) is 6.06. The normalized spacial score (nSPS) is 22.8. The second-order valence-corrected chi connectivity index (χ2v) is 5.25. The molecule has 1 aliphatic rings. The molecule has 1 aromatic rings. The van der Waals surface area contributed by atoms with Crippen molar-refractivity contribution in [1.82, 2.24) is 0 Å². The van der Waals surface area contributed by atoms with Gasteiger partial charge in [0.15, 0.2) is 0 Å².